The van der Waals surface area contributed by atoms with Crippen LogP contribution in [0.15, 0.2) is 168 Å². The first-order valence-corrected chi connectivity index (χ1v) is 19.4. The van der Waals surface area contributed by atoms with Gasteiger partial charge in [-0.15, -0.1) is 0 Å². The first-order valence-electron chi connectivity index (χ1n) is 18.6. The largest absolute Gasteiger partial charge is 0.454 e. The van der Waals surface area contributed by atoms with Crippen LogP contribution in [0.5, 0.6) is 11.5 Å². The van der Waals surface area contributed by atoms with E-state index >= 15 is 0 Å². The predicted octanol–water partition coefficient (Wildman–Crippen LogP) is 11.7. The summed E-state index contributed by atoms with van der Waals surface area (Å²) in [6.45, 7) is 0. The molecule has 0 radical (unpaired) electrons. The maximum Gasteiger partial charge on any atom is 0.156 e. The van der Waals surface area contributed by atoms with Crippen molar-refractivity contribution in [2.45, 2.75) is 15.2 Å². The number of benzene rings is 6. The first-order chi connectivity index (χ1) is 28.2. The highest BCUT2D eigenvalue weighted by Gasteiger charge is 2.53. The van der Waals surface area contributed by atoms with E-state index in [1.165, 1.54) is 9.79 Å². The van der Waals surface area contributed by atoms with Gasteiger partial charge in [0.1, 0.15) is 5.75 Å². The number of para-hydroxylation sites is 4. The van der Waals surface area contributed by atoms with Crippen molar-refractivity contribution >= 4 is 50.6 Å². The van der Waals surface area contributed by atoms with Crippen LogP contribution in [0, 0.1) is 22.7 Å². The summed E-state index contributed by atoms with van der Waals surface area (Å²) in [5, 5.41) is 21.5. The Balaban J connectivity index is 1.17. The van der Waals surface area contributed by atoms with Gasteiger partial charge in [-0.05, 0) is 90.5 Å². The molecule has 1 spiro atoms. The molecule has 1 unspecified atom stereocenters. The van der Waals surface area contributed by atoms with Gasteiger partial charge in [-0.3, -0.25) is 9.97 Å². The lowest BCUT2D eigenvalue weighted by Crippen LogP contribution is -2.33. The number of anilines is 3. The highest BCUT2D eigenvalue weighted by atomic mass is 32.2. The zero-order valence-corrected chi connectivity index (χ0v) is 30.8. The molecule has 6 aromatic carbocycles. The Hall–Kier alpha value is -7.65. The van der Waals surface area contributed by atoms with Gasteiger partial charge in [-0.25, -0.2) is 0 Å². The molecule has 1 aliphatic carbocycles. The molecule has 0 bridgehead atoms. The van der Waals surface area contributed by atoms with Gasteiger partial charge in [-0.2, -0.15) is 10.5 Å². The van der Waals surface area contributed by atoms with Crippen molar-refractivity contribution in [3.63, 3.8) is 0 Å². The van der Waals surface area contributed by atoms with Gasteiger partial charge in [0.15, 0.2) is 5.75 Å². The quantitative estimate of drug-likeness (QED) is 0.174. The van der Waals surface area contributed by atoms with E-state index in [2.05, 4.69) is 119 Å². The van der Waals surface area contributed by atoms with E-state index in [1.54, 1.807) is 11.8 Å². The molecule has 2 aliphatic heterocycles. The zero-order valence-electron chi connectivity index (χ0n) is 30.0. The van der Waals surface area contributed by atoms with Gasteiger partial charge >= 0.3 is 0 Å². The predicted molar refractivity (Wildman–Crippen MR) is 222 cm³/mol. The minimum Gasteiger partial charge on any atom is -0.454 e. The van der Waals surface area contributed by atoms with Crippen molar-refractivity contribution < 1.29 is 4.74 Å². The third kappa shape index (κ3) is 4.20. The molecule has 5 heterocycles. The molecule has 0 N–H and O–H groups in total. The Bertz CT molecular complexity index is 3200. The van der Waals surface area contributed by atoms with Crippen molar-refractivity contribution in [2.24, 2.45) is 0 Å². The molecule has 264 valence electrons. The Kier molecular flexibility index (Phi) is 6.49. The number of nitrogens with zero attached hydrogens (tertiary/aromatic N) is 6. The summed E-state index contributed by atoms with van der Waals surface area (Å²) in [5.41, 5.74) is 11.8. The maximum atomic E-state index is 9.85. The minimum atomic E-state index is -0.841. The molecule has 9 aromatic rings. The molecule has 0 saturated carbocycles. The van der Waals surface area contributed by atoms with E-state index in [1.807, 2.05) is 60.9 Å². The average molecular weight is 747 g/mol. The third-order valence-electron chi connectivity index (χ3n) is 11.6. The zero-order chi connectivity index (χ0) is 37.8. The van der Waals surface area contributed by atoms with Crippen molar-refractivity contribution in [1.82, 2.24) is 14.5 Å². The summed E-state index contributed by atoms with van der Waals surface area (Å²) in [4.78, 5) is 15.0. The van der Waals surface area contributed by atoms with Crippen molar-refractivity contribution in [3.8, 4) is 40.7 Å². The van der Waals surface area contributed by atoms with Gasteiger partial charge < -0.3 is 14.2 Å². The van der Waals surface area contributed by atoms with Crippen molar-refractivity contribution in [1.29, 1.82) is 10.5 Å². The fourth-order valence-corrected chi connectivity index (χ4v) is 10.4. The molecule has 0 fully saturated rings. The minimum absolute atomic E-state index is 0.556. The molecule has 0 amide bonds. The summed E-state index contributed by atoms with van der Waals surface area (Å²) in [7, 11) is 0. The topological polar surface area (TPSA) is 90.8 Å². The van der Waals surface area contributed by atoms with E-state index in [0.29, 0.717) is 11.1 Å². The van der Waals surface area contributed by atoms with Gasteiger partial charge in [0.05, 0.1) is 80.0 Å². The summed E-state index contributed by atoms with van der Waals surface area (Å²) >= 11 is 1.78. The molecule has 0 saturated heterocycles. The summed E-state index contributed by atoms with van der Waals surface area (Å²) in [5.74, 6) is 1.54. The number of rotatable bonds is 2. The second-order valence-corrected chi connectivity index (χ2v) is 15.5. The van der Waals surface area contributed by atoms with Crippen LogP contribution in [0.2, 0.25) is 0 Å². The molecule has 1 atom stereocenters. The van der Waals surface area contributed by atoms with Crippen LogP contribution < -0.4 is 9.64 Å². The summed E-state index contributed by atoms with van der Waals surface area (Å²) < 4.78 is 9.31. The van der Waals surface area contributed by atoms with E-state index in [0.717, 1.165) is 89.7 Å². The SMILES string of the molecule is N#Cc1ccc2c(c1)c1cc(C#N)ccc1n2-c1cnc2c(c1)C1(c3ccccc3Oc3c(N4c5ccccc5Sc5ccccc54)cccc31)c1cccnc1-2. The Morgan fingerprint density at radius 1 is 0.561 bits per heavy atom. The van der Waals surface area contributed by atoms with Crippen LogP contribution in [0.4, 0.5) is 17.1 Å². The first kappa shape index (κ1) is 31.7. The smallest absolute Gasteiger partial charge is 0.156 e. The number of ether oxygens (including phenoxy) is 1. The number of aromatic nitrogens is 3. The van der Waals surface area contributed by atoms with E-state index in [-0.39, 0.29) is 0 Å². The Morgan fingerprint density at radius 3 is 1.89 bits per heavy atom. The van der Waals surface area contributed by atoms with Crippen molar-refractivity contribution in [2.75, 3.05) is 4.90 Å². The lowest BCUT2D eigenvalue weighted by atomic mass is 9.66. The van der Waals surface area contributed by atoms with E-state index < -0.39 is 5.41 Å². The average Bonchev–Trinajstić information content (AvgIpc) is 3.75. The number of pyridine rings is 2. The van der Waals surface area contributed by atoms with Gasteiger partial charge in [0.25, 0.3) is 0 Å². The maximum absolute atomic E-state index is 9.85. The second kappa shape index (κ2) is 11.7. The van der Waals surface area contributed by atoms with Crippen LogP contribution in [0.25, 0.3) is 38.9 Å². The number of hydrogen-bond acceptors (Lipinski definition) is 7. The Morgan fingerprint density at radius 2 is 1.18 bits per heavy atom. The Labute approximate surface area is 331 Å². The monoisotopic (exact) mass is 746 g/mol. The fourth-order valence-electron chi connectivity index (χ4n) is 9.30. The van der Waals surface area contributed by atoms with E-state index in [9.17, 15) is 10.5 Å². The van der Waals surface area contributed by atoms with Crippen LogP contribution in [0.1, 0.15) is 33.4 Å². The van der Waals surface area contributed by atoms with Crippen LogP contribution >= 0.6 is 11.8 Å². The second-order valence-electron chi connectivity index (χ2n) is 14.4. The standard InChI is InChI=1S/C49H26N6OS/c50-26-29-18-20-38-32(23-29)33-24-30(27-51)19-21-39(33)54(38)31-25-37-47(53-28-31)46-35(11-8-22-52-46)49(37)34-9-1-4-15-43(34)56-48-36(49)10-7-14-42(48)55-40-12-2-5-16-44(40)57-45-17-6-3-13-41(45)55/h1-25,28H. The lowest BCUT2D eigenvalue weighted by Gasteiger charge is -2.41. The van der Waals surface area contributed by atoms with Crippen molar-refractivity contribution in [3.05, 3.63) is 191 Å². The summed E-state index contributed by atoms with van der Waals surface area (Å²) in [6, 6.07) is 54.3. The molecular formula is C49H26N6OS. The van der Waals surface area contributed by atoms with Gasteiger partial charge in [-0.1, -0.05) is 72.4 Å². The molecule has 57 heavy (non-hydrogen) atoms. The highest BCUT2D eigenvalue weighted by molar-refractivity contribution is 7.99. The van der Waals surface area contributed by atoms with Crippen LogP contribution in [-0.2, 0) is 5.41 Å². The molecule has 3 aromatic heterocycles. The lowest BCUT2D eigenvalue weighted by molar-refractivity contribution is 0.437. The van der Waals surface area contributed by atoms with E-state index in [4.69, 9.17) is 14.7 Å². The number of nitriles is 2. The van der Waals surface area contributed by atoms with Gasteiger partial charge in [0, 0.05) is 43.5 Å². The highest BCUT2D eigenvalue weighted by Crippen LogP contribution is 2.64. The normalized spacial score (nSPS) is 15.4. The molecular weight excluding hydrogens is 721 g/mol. The summed E-state index contributed by atoms with van der Waals surface area (Å²) in [6.07, 6.45) is 3.75. The number of fused-ring (bicyclic) bond motifs is 14. The molecule has 3 aliphatic rings. The fraction of sp³-hybridized carbons (Fsp3) is 0.0204. The number of hydrogen-bond donors (Lipinski definition) is 0. The van der Waals surface area contributed by atoms with Crippen LogP contribution in [0.3, 0.4) is 0 Å². The molecule has 12 rings (SSSR count). The van der Waals surface area contributed by atoms with Gasteiger partial charge in [0.2, 0.25) is 0 Å². The molecule has 7 nitrogen and oxygen atoms in total. The third-order valence-corrected chi connectivity index (χ3v) is 12.7. The van der Waals surface area contributed by atoms with Crippen LogP contribution in [-0.4, -0.2) is 14.5 Å². The molecule has 8 heteroatoms.